The van der Waals surface area contributed by atoms with Crippen LogP contribution in [0.5, 0.6) is 0 Å². The first-order chi connectivity index (χ1) is 6.82. The van der Waals surface area contributed by atoms with Gasteiger partial charge in [0.15, 0.2) is 11.8 Å². The van der Waals surface area contributed by atoms with E-state index < -0.39 is 0 Å². The van der Waals surface area contributed by atoms with Gasteiger partial charge in [-0.25, -0.2) is 4.99 Å². The lowest BCUT2D eigenvalue weighted by Gasteiger charge is -2.40. The predicted octanol–water partition coefficient (Wildman–Crippen LogP) is 0.315. The van der Waals surface area contributed by atoms with Crippen molar-refractivity contribution in [3.05, 3.63) is 0 Å². The zero-order valence-corrected chi connectivity index (χ0v) is 9.63. The Kier molecular flexibility index (Phi) is 1.90. The topological polar surface area (TPSA) is 75.1 Å². The molecular weight excluding hydrogens is 190 g/mol. The van der Waals surface area contributed by atoms with Gasteiger partial charge in [-0.05, 0) is 27.7 Å². The number of amidine groups is 1. The minimum absolute atomic E-state index is 0.199. The van der Waals surface area contributed by atoms with E-state index in [4.69, 9.17) is 5.73 Å². The average Bonchev–Trinajstić information content (AvgIpc) is 2.07. The molecule has 15 heavy (non-hydrogen) atoms. The molecule has 0 bridgehead atoms. The molecule has 0 radical (unpaired) electrons. The Labute approximate surface area is 89.6 Å². The van der Waals surface area contributed by atoms with Crippen molar-refractivity contribution in [1.82, 2.24) is 5.32 Å². The molecule has 0 aromatic rings. The fourth-order valence-corrected chi connectivity index (χ4v) is 1.54. The summed E-state index contributed by atoms with van der Waals surface area (Å²) in [6.45, 7) is 8.84. The van der Waals surface area contributed by atoms with Crippen molar-refractivity contribution < 1.29 is 0 Å². The molecule has 0 spiro atoms. The van der Waals surface area contributed by atoms with E-state index in [0.29, 0.717) is 12.5 Å². The number of aliphatic imine (C=N–C) groups is 3. The lowest BCUT2D eigenvalue weighted by molar-refractivity contribution is 0.310. The second-order valence-electron chi connectivity index (χ2n) is 4.96. The van der Waals surface area contributed by atoms with Gasteiger partial charge in [0.05, 0.1) is 23.3 Å². The summed E-state index contributed by atoms with van der Waals surface area (Å²) in [6.07, 6.45) is 0. The first-order valence-corrected chi connectivity index (χ1v) is 5.08. The van der Waals surface area contributed by atoms with Crippen LogP contribution in [0.3, 0.4) is 0 Å². The molecule has 0 saturated heterocycles. The van der Waals surface area contributed by atoms with Crippen LogP contribution < -0.4 is 11.1 Å². The molecule has 0 unspecified atom stereocenters. The largest absolute Gasteiger partial charge is 0.370 e. The zero-order valence-electron chi connectivity index (χ0n) is 9.63. The molecule has 0 atom stereocenters. The van der Waals surface area contributed by atoms with Crippen LogP contribution in [0.4, 0.5) is 0 Å². The lowest BCUT2D eigenvalue weighted by Crippen LogP contribution is -2.55. The highest BCUT2D eigenvalue weighted by atomic mass is 15.2. The molecular formula is C10H17N5. The predicted molar refractivity (Wildman–Crippen MR) is 62.7 cm³/mol. The number of hydrogen-bond acceptors (Lipinski definition) is 5. The molecule has 3 N–H and O–H groups in total. The number of hydrogen-bond donors (Lipinski definition) is 2. The van der Waals surface area contributed by atoms with Gasteiger partial charge in [0.25, 0.3) is 0 Å². The summed E-state index contributed by atoms with van der Waals surface area (Å²) in [5.41, 5.74) is 6.07. The zero-order chi connectivity index (χ0) is 11.3. The molecule has 2 aliphatic heterocycles. The Morgan fingerprint density at radius 2 is 1.73 bits per heavy atom. The summed E-state index contributed by atoms with van der Waals surface area (Å²) in [4.78, 5) is 13.4. The Morgan fingerprint density at radius 1 is 1.13 bits per heavy atom. The number of guanidine groups is 1. The minimum Gasteiger partial charge on any atom is -0.370 e. The number of fused-ring (bicyclic) bond motifs is 1. The number of nitrogens with one attached hydrogen (secondary N) is 1. The summed E-state index contributed by atoms with van der Waals surface area (Å²) >= 11 is 0. The molecule has 2 aliphatic rings. The fraction of sp³-hybridized carbons (Fsp3) is 0.700. The quantitative estimate of drug-likeness (QED) is 0.600. The molecule has 0 amide bonds. The molecule has 2 heterocycles. The molecule has 0 aromatic heterocycles. The lowest BCUT2D eigenvalue weighted by atomic mass is 9.82. The van der Waals surface area contributed by atoms with E-state index in [-0.39, 0.29) is 11.1 Å². The Morgan fingerprint density at radius 3 is 2.40 bits per heavy atom. The van der Waals surface area contributed by atoms with Crippen molar-refractivity contribution in [2.45, 2.75) is 38.8 Å². The van der Waals surface area contributed by atoms with E-state index >= 15 is 0 Å². The summed E-state index contributed by atoms with van der Waals surface area (Å²) in [5, 5.41) is 2.96. The first kappa shape index (κ1) is 10.1. The molecule has 5 nitrogen and oxygen atoms in total. The third-order valence-electron chi connectivity index (χ3n) is 3.22. The van der Waals surface area contributed by atoms with Gasteiger partial charge in [-0.3, -0.25) is 9.98 Å². The third-order valence-corrected chi connectivity index (χ3v) is 3.22. The summed E-state index contributed by atoms with van der Waals surface area (Å²) < 4.78 is 0. The van der Waals surface area contributed by atoms with Gasteiger partial charge in [-0.15, -0.1) is 0 Å². The van der Waals surface area contributed by atoms with Crippen LogP contribution >= 0.6 is 0 Å². The van der Waals surface area contributed by atoms with Crippen LogP contribution in [0, 0.1) is 0 Å². The van der Waals surface area contributed by atoms with Crippen molar-refractivity contribution in [3.63, 3.8) is 0 Å². The van der Waals surface area contributed by atoms with E-state index in [1.807, 2.05) is 0 Å². The maximum Gasteiger partial charge on any atom is 0.194 e. The highest BCUT2D eigenvalue weighted by molar-refractivity contribution is 6.46. The number of nitrogens with zero attached hydrogens (tertiary/aromatic N) is 3. The van der Waals surface area contributed by atoms with E-state index in [9.17, 15) is 0 Å². The van der Waals surface area contributed by atoms with Crippen LogP contribution in [-0.2, 0) is 0 Å². The summed E-state index contributed by atoms with van der Waals surface area (Å²) in [6, 6.07) is 0. The van der Waals surface area contributed by atoms with Crippen LogP contribution in [-0.4, -0.2) is 35.1 Å². The highest BCUT2D eigenvalue weighted by Gasteiger charge is 2.41. The van der Waals surface area contributed by atoms with E-state index in [0.717, 1.165) is 11.5 Å². The maximum atomic E-state index is 5.60. The van der Waals surface area contributed by atoms with Gasteiger partial charge < -0.3 is 11.1 Å². The van der Waals surface area contributed by atoms with Crippen LogP contribution in [0.1, 0.15) is 27.7 Å². The SMILES string of the molecule is CC1(C)N=C2CN=C(N)NC2=NC1(C)C. The van der Waals surface area contributed by atoms with Crippen molar-refractivity contribution in [2.75, 3.05) is 6.54 Å². The van der Waals surface area contributed by atoms with Gasteiger partial charge in [-0.1, -0.05) is 0 Å². The monoisotopic (exact) mass is 207 g/mol. The van der Waals surface area contributed by atoms with Crippen LogP contribution in [0.25, 0.3) is 0 Å². The Hall–Kier alpha value is -1.39. The normalized spacial score (nSPS) is 26.8. The molecule has 0 fully saturated rings. The van der Waals surface area contributed by atoms with Crippen molar-refractivity contribution >= 4 is 17.5 Å². The van der Waals surface area contributed by atoms with Gasteiger partial charge in [0.1, 0.15) is 0 Å². The minimum atomic E-state index is -0.226. The summed E-state index contributed by atoms with van der Waals surface area (Å²) in [7, 11) is 0. The smallest absolute Gasteiger partial charge is 0.194 e. The van der Waals surface area contributed by atoms with Crippen LogP contribution in [0.15, 0.2) is 15.0 Å². The van der Waals surface area contributed by atoms with Crippen molar-refractivity contribution in [2.24, 2.45) is 20.7 Å². The van der Waals surface area contributed by atoms with Crippen LogP contribution in [0.2, 0.25) is 0 Å². The Bertz CT molecular complexity index is 387. The number of nitrogens with two attached hydrogens (primary N) is 1. The molecule has 0 aliphatic carbocycles. The van der Waals surface area contributed by atoms with Gasteiger partial charge in [0, 0.05) is 0 Å². The van der Waals surface area contributed by atoms with E-state index in [1.165, 1.54) is 0 Å². The standard InChI is InChI=1S/C10H17N5/c1-9(2)10(3,4)15-7-6(14-9)5-12-8(11)13-7/h5H2,1-4H3,(H3,11,12,13,15). The summed E-state index contributed by atoms with van der Waals surface area (Å²) in [5.74, 6) is 1.19. The van der Waals surface area contributed by atoms with E-state index in [2.05, 4.69) is 48.0 Å². The number of rotatable bonds is 0. The first-order valence-electron chi connectivity index (χ1n) is 5.08. The highest BCUT2D eigenvalue weighted by Crippen LogP contribution is 2.32. The second kappa shape index (κ2) is 2.81. The van der Waals surface area contributed by atoms with Gasteiger partial charge >= 0.3 is 0 Å². The maximum absolute atomic E-state index is 5.60. The van der Waals surface area contributed by atoms with Gasteiger partial charge in [-0.2, -0.15) is 0 Å². The van der Waals surface area contributed by atoms with Crippen molar-refractivity contribution in [3.8, 4) is 0 Å². The molecule has 0 saturated carbocycles. The van der Waals surface area contributed by atoms with E-state index in [1.54, 1.807) is 0 Å². The third kappa shape index (κ3) is 1.52. The average molecular weight is 207 g/mol. The molecule has 0 aromatic carbocycles. The molecule has 2 rings (SSSR count). The fourth-order valence-electron chi connectivity index (χ4n) is 1.54. The Balaban J connectivity index is 2.45. The second-order valence-corrected chi connectivity index (χ2v) is 4.96. The molecule has 5 heteroatoms. The van der Waals surface area contributed by atoms with Gasteiger partial charge in [0.2, 0.25) is 0 Å². The van der Waals surface area contributed by atoms with Crippen molar-refractivity contribution in [1.29, 1.82) is 0 Å². The molecule has 82 valence electrons.